The molecule has 1 unspecified atom stereocenters. The standard InChI is InChI=1S/C13H24N4O/c14-4-3-12-2-1-5-16(9-12)10-13-8-15-17(11-13)6-7-18/h8,11-12,18H,1-7,9-10,14H2. The van der Waals surface area contributed by atoms with E-state index in [0.717, 1.165) is 32.0 Å². The molecule has 0 radical (unpaired) electrons. The van der Waals surface area contributed by atoms with Crippen LogP contribution < -0.4 is 5.73 Å². The Labute approximate surface area is 109 Å². The van der Waals surface area contributed by atoms with Gasteiger partial charge in [-0.1, -0.05) is 0 Å². The Hall–Kier alpha value is -0.910. The van der Waals surface area contributed by atoms with Crippen LogP contribution in [0.5, 0.6) is 0 Å². The zero-order valence-electron chi connectivity index (χ0n) is 11.0. The largest absolute Gasteiger partial charge is 0.394 e. The zero-order valence-corrected chi connectivity index (χ0v) is 11.0. The molecule has 0 bridgehead atoms. The van der Waals surface area contributed by atoms with E-state index in [9.17, 15) is 0 Å². The van der Waals surface area contributed by atoms with Crippen molar-refractivity contribution in [2.24, 2.45) is 11.7 Å². The van der Waals surface area contributed by atoms with Crippen molar-refractivity contribution in [3.8, 4) is 0 Å². The first kappa shape index (κ1) is 13.5. The van der Waals surface area contributed by atoms with Gasteiger partial charge in [0.15, 0.2) is 0 Å². The van der Waals surface area contributed by atoms with Gasteiger partial charge in [-0.3, -0.25) is 9.58 Å². The van der Waals surface area contributed by atoms with Crippen LogP contribution in [0.4, 0.5) is 0 Å². The molecule has 0 spiro atoms. The third-order valence-electron chi connectivity index (χ3n) is 3.60. The van der Waals surface area contributed by atoms with Crippen molar-refractivity contribution in [1.82, 2.24) is 14.7 Å². The molecule has 102 valence electrons. The highest BCUT2D eigenvalue weighted by Crippen LogP contribution is 2.20. The summed E-state index contributed by atoms with van der Waals surface area (Å²) in [6, 6.07) is 0. The summed E-state index contributed by atoms with van der Waals surface area (Å²) in [6.45, 7) is 4.81. The SMILES string of the molecule is NCCC1CCCN(Cc2cnn(CCO)c2)C1. The second kappa shape index (κ2) is 6.87. The molecule has 5 heteroatoms. The van der Waals surface area contributed by atoms with Gasteiger partial charge in [-0.25, -0.2) is 0 Å². The zero-order chi connectivity index (χ0) is 12.8. The molecule has 3 N–H and O–H groups in total. The lowest BCUT2D eigenvalue weighted by Crippen LogP contribution is -2.35. The molecule has 1 saturated heterocycles. The molecule has 0 aromatic carbocycles. The van der Waals surface area contributed by atoms with Gasteiger partial charge >= 0.3 is 0 Å². The number of likely N-dealkylation sites (tertiary alicyclic amines) is 1. The van der Waals surface area contributed by atoms with Crippen molar-refractivity contribution in [2.45, 2.75) is 32.4 Å². The summed E-state index contributed by atoms with van der Waals surface area (Å²) in [4.78, 5) is 2.49. The van der Waals surface area contributed by atoms with Gasteiger partial charge in [-0.05, 0) is 38.3 Å². The molecule has 2 heterocycles. The van der Waals surface area contributed by atoms with Crippen LogP contribution in [0.2, 0.25) is 0 Å². The summed E-state index contributed by atoms with van der Waals surface area (Å²) in [6.07, 6.45) is 7.66. The van der Waals surface area contributed by atoms with E-state index in [1.807, 2.05) is 12.4 Å². The van der Waals surface area contributed by atoms with Crippen LogP contribution >= 0.6 is 0 Å². The quantitative estimate of drug-likeness (QED) is 0.771. The fourth-order valence-corrected chi connectivity index (χ4v) is 2.74. The van der Waals surface area contributed by atoms with Gasteiger partial charge < -0.3 is 10.8 Å². The highest BCUT2D eigenvalue weighted by molar-refractivity contribution is 5.04. The molecule has 1 atom stereocenters. The summed E-state index contributed by atoms with van der Waals surface area (Å²) in [5, 5.41) is 13.1. The van der Waals surface area contributed by atoms with Crippen molar-refractivity contribution in [1.29, 1.82) is 0 Å². The Balaban J connectivity index is 1.84. The maximum atomic E-state index is 8.86. The number of aromatic nitrogens is 2. The normalized spacial score (nSPS) is 21.3. The first-order chi connectivity index (χ1) is 8.81. The van der Waals surface area contributed by atoms with Crippen LogP contribution in [0.25, 0.3) is 0 Å². The molecule has 0 aliphatic carbocycles. The highest BCUT2D eigenvalue weighted by Gasteiger charge is 2.19. The maximum absolute atomic E-state index is 8.86. The smallest absolute Gasteiger partial charge is 0.0640 e. The molecule has 5 nitrogen and oxygen atoms in total. The van der Waals surface area contributed by atoms with Gasteiger partial charge in [0.1, 0.15) is 0 Å². The number of hydrogen-bond acceptors (Lipinski definition) is 4. The van der Waals surface area contributed by atoms with E-state index in [2.05, 4.69) is 10.00 Å². The van der Waals surface area contributed by atoms with Crippen LogP contribution in [0.15, 0.2) is 12.4 Å². The first-order valence-electron chi connectivity index (χ1n) is 6.86. The lowest BCUT2D eigenvalue weighted by Gasteiger charge is -2.32. The van der Waals surface area contributed by atoms with Crippen molar-refractivity contribution in [3.05, 3.63) is 18.0 Å². The molecule has 0 saturated carbocycles. The Morgan fingerprint density at radius 1 is 1.50 bits per heavy atom. The molecule has 1 aromatic rings. The number of hydrogen-bond donors (Lipinski definition) is 2. The molecule has 18 heavy (non-hydrogen) atoms. The third kappa shape index (κ3) is 3.80. The Bertz CT molecular complexity index is 351. The topological polar surface area (TPSA) is 67.3 Å². The molecule has 1 fully saturated rings. The van der Waals surface area contributed by atoms with Gasteiger partial charge in [0, 0.05) is 24.8 Å². The van der Waals surface area contributed by atoms with Crippen molar-refractivity contribution < 1.29 is 5.11 Å². The van der Waals surface area contributed by atoms with E-state index in [1.165, 1.54) is 24.9 Å². The fraction of sp³-hybridized carbons (Fsp3) is 0.769. The van der Waals surface area contributed by atoms with E-state index in [1.54, 1.807) is 4.68 Å². The second-order valence-corrected chi connectivity index (χ2v) is 5.16. The lowest BCUT2D eigenvalue weighted by atomic mass is 9.95. The summed E-state index contributed by atoms with van der Waals surface area (Å²) < 4.78 is 1.80. The van der Waals surface area contributed by atoms with Crippen LogP contribution in [0.1, 0.15) is 24.8 Å². The number of nitrogens with zero attached hydrogens (tertiary/aromatic N) is 3. The molecule has 0 amide bonds. The van der Waals surface area contributed by atoms with E-state index >= 15 is 0 Å². The lowest BCUT2D eigenvalue weighted by molar-refractivity contribution is 0.163. The van der Waals surface area contributed by atoms with Crippen molar-refractivity contribution in [3.63, 3.8) is 0 Å². The Morgan fingerprint density at radius 2 is 2.39 bits per heavy atom. The number of aliphatic hydroxyl groups excluding tert-OH is 1. The van der Waals surface area contributed by atoms with Gasteiger partial charge in [-0.2, -0.15) is 5.10 Å². The number of nitrogens with two attached hydrogens (primary N) is 1. The van der Waals surface area contributed by atoms with E-state index in [0.29, 0.717) is 6.54 Å². The van der Waals surface area contributed by atoms with Crippen molar-refractivity contribution in [2.75, 3.05) is 26.2 Å². The molecule has 1 aliphatic heterocycles. The average molecular weight is 252 g/mol. The Kier molecular flexibility index (Phi) is 5.16. The van der Waals surface area contributed by atoms with Crippen LogP contribution in [0, 0.1) is 5.92 Å². The van der Waals surface area contributed by atoms with Gasteiger partial charge in [0.05, 0.1) is 19.3 Å². The third-order valence-corrected chi connectivity index (χ3v) is 3.60. The minimum Gasteiger partial charge on any atom is -0.394 e. The molecule has 1 aromatic heterocycles. The minimum absolute atomic E-state index is 0.142. The second-order valence-electron chi connectivity index (χ2n) is 5.16. The number of piperidine rings is 1. The summed E-state index contributed by atoms with van der Waals surface area (Å²) >= 11 is 0. The molecular formula is C13H24N4O. The monoisotopic (exact) mass is 252 g/mol. The van der Waals surface area contributed by atoms with Crippen molar-refractivity contribution >= 4 is 0 Å². The number of rotatable bonds is 6. The van der Waals surface area contributed by atoms with Crippen LogP contribution in [-0.4, -0.2) is 46.0 Å². The van der Waals surface area contributed by atoms with Crippen LogP contribution in [-0.2, 0) is 13.1 Å². The van der Waals surface area contributed by atoms with Gasteiger partial charge in [0.25, 0.3) is 0 Å². The number of aliphatic hydroxyl groups is 1. The molecule has 1 aliphatic rings. The maximum Gasteiger partial charge on any atom is 0.0640 e. The van der Waals surface area contributed by atoms with Gasteiger partial charge in [-0.15, -0.1) is 0 Å². The highest BCUT2D eigenvalue weighted by atomic mass is 16.3. The molecule has 2 rings (SSSR count). The van der Waals surface area contributed by atoms with Gasteiger partial charge in [0.2, 0.25) is 0 Å². The first-order valence-corrected chi connectivity index (χ1v) is 6.86. The van der Waals surface area contributed by atoms with E-state index in [4.69, 9.17) is 10.8 Å². The summed E-state index contributed by atoms with van der Waals surface area (Å²) in [5.74, 6) is 0.760. The average Bonchev–Trinajstić information content (AvgIpc) is 2.78. The Morgan fingerprint density at radius 3 is 3.17 bits per heavy atom. The molecular weight excluding hydrogens is 228 g/mol. The summed E-state index contributed by atoms with van der Waals surface area (Å²) in [5.41, 5.74) is 6.87. The van der Waals surface area contributed by atoms with E-state index < -0.39 is 0 Å². The predicted octanol–water partition coefficient (Wildman–Crippen LogP) is 0.436. The predicted molar refractivity (Wildman–Crippen MR) is 71.0 cm³/mol. The summed E-state index contributed by atoms with van der Waals surface area (Å²) in [7, 11) is 0. The minimum atomic E-state index is 0.142. The van der Waals surface area contributed by atoms with Crippen LogP contribution in [0.3, 0.4) is 0 Å². The van der Waals surface area contributed by atoms with E-state index in [-0.39, 0.29) is 6.61 Å². The fourth-order valence-electron chi connectivity index (χ4n) is 2.74.